The maximum Gasteiger partial charge on any atom is 0.258 e. The summed E-state index contributed by atoms with van der Waals surface area (Å²) in [5, 5.41) is 11.0. The molecule has 5 amide bonds. The Morgan fingerprint density at radius 2 is 1.82 bits per heavy atom. The first kappa shape index (κ1) is 31.5. The van der Waals surface area contributed by atoms with Gasteiger partial charge in [0.25, 0.3) is 5.91 Å². The number of rotatable bonds is 5. The third-order valence-corrected chi connectivity index (χ3v) is 6.03. The van der Waals surface area contributed by atoms with Crippen LogP contribution in [-0.2, 0) is 35.1 Å². The van der Waals surface area contributed by atoms with E-state index in [9.17, 15) is 24.0 Å². The van der Waals surface area contributed by atoms with E-state index in [-0.39, 0.29) is 69.3 Å². The number of methoxy groups -OCH3 is 1. The minimum atomic E-state index is -0.861. The third-order valence-electron chi connectivity index (χ3n) is 6.03. The summed E-state index contributed by atoms with van der Waals surface area (Å²) in [5.74, 6) is -1.07. The summed E-state index contributed by atoms with van der Waals surface area (Å²) in [5.41, 5.74) is 0.773. The van der Waals surface area contributed by atoms with Crippen LogP contribution in [0.3, 0.4) is 0 Å². The van der Waals surface area contributed by atoms with Gasteiger partial charge in [0.1, 0.15) is 24.4 Å². The molecule has 12 nitrogen and oxygen atoms in total. The van der Waals surface area contributed by atoms with Crippen LogP contribution < -0.4 is 26.0 Å². The van der Waals surface area contributed by atoms with E-state index < -0.39 is 23.9 Å². The fourth-order valence-corrected chi connectivity index (χ4v) is 4.02. The number of benzene rings is 1. The van der Waals surface area contributed by atoms with Crippen molar-refractivity contribution in [2.75, 3.05) is 47.0 Å². The van der Waals surface area contributed by atoms with E-state index >= 15 is 0 Å². The molecule has 3 rings (SSSR count). The summed E-state index contributed by atoms with van der Waals surface area (Å²) in [6.07, 6.45) is 1.15. The molecule has 39 heavy (non-hydrogen) atoms. The van der Waals surface area contributed by atoms with Gasteiger partial charge in [0, 0.05) is 46.6 Å². The molecular weight excluding hydrogens is 506 g/mol. The molecule has 1 aromatic rings. The molecule has 2 atom stereocenters. The third kappa shape index (κ3) is 11.7. The van der Waals surface area contributed by atoms with Gasteiger partial charge in [0.05, 0.1) is 0 Å². The standard InChI is InChI=1S/C27H41N5O7/c1-18(2)14-22-27(37)32(3)13-12-28-24(34)17-39-20-9-7-19(8-10-20)15-21(30-25(35)16-38-4)26(36)29-11-5-6-23(33)31-22/h7-10,18,21-22H,5-6,11-17H2,1-4H3,(H,28,34)(H,29,36)(H,30,35)(H,31,33)/t21-,22-/m0/s1. The van der Waals surface area contributed by atoms with Gasteiger partial charge in [-0.1, -0.05) is 26.0 Å². The topological polar surface area (TPSA) is 155 Å². The van der Waals surface area contributed by atoms with E-state index in [0.717, 1.165) is 5.56 Å². The second kappa shape index (κ2) is 16.3. The van der Waals surface area contributed by atoms with E-state index in [4.69, 9.17) is 9.47 Å². The van der Waals surface area contributed by atoms with Gasteiger partial charge < -0.3 is 35.6 Å². The number of hydrogen-bond acceptors (Lipinski definition) is 7. The molecule has 0 spiro atoms. The second-order valence-electron chi connectivity index (χ2n) is 9.94. The summed E-state index contributed by atoms with van der Waals surface area (Å²) >= 11 is 0. The molecule has 2 bridgehead atoms. The Labute approximate surface area is 229 Å². The SMILES string of the molecule is COCC(=O)N[C@H]1Cc2ccc(cc2)OCC(=O)NCCN(C)C(=O)[C@H](CC(C)C)NC(=O)CCCNC1=O. The molecular formula is C27H41N5O7. The Balaban J connectivity index is 2.17. The monoisotopic (exact) mass is 547 g/mol. The highest BCUT2D eigenvalue weighted by atomic mass is 16.5. The molecule has 0 fully saturated rings. The van der Waals surface area contributed by atoms with Gasteiger partial charge in [-0.15, -0.1) is 0 Å². The lowest BCUT2D eigenvalue weighted by molar-refractivity contribution is -0.136. The molecule has 2 heterocycles. The van der Waals surface area contributed by atoms with Crippen molar-refractivity contribution in [2.24, 2.45) is 5.92 Å². The molecule has 0 saturated heterocycles. The minimum Gasteiger partial charge on any atom is -0.484 e. The minimum absolute atomic E-state index is 0.115. The lowest BCUT2D eigenvalue weighted by Gasteiger charge is -2.26. The summed E-state index contributed by atoms with van der Waals surface area (Å²) in [6, 6.07) is 5.31. The fourth-order valence-electron chi connectivity index (χ4n) is 4.02. The van der Waals surface area contributed by atoms with Gasteiger partial charge >= 0.3 is 0 Å². The van der Waals surface area contributed by atoms with Crippen LogP contribution in [0.1, 0.15) is 38.7 Å². The molecule has 1 aromatic carbocycles. The number of carbonyl (C=O) groups excluding carboxylic acids is 5. The first-order chi connectivity index (χ1) is 18.6. The van der Waals surface area contributed by atoms with Crippen LogP contribution in [0.4, 0.5) is 0 Å². The average Bonchev–Trinajstić information content (AvgIpc) is 2.88. The molecule has 0 aliphatic carbocycles. The maximum atomic E-state index is 13.0. The summed E-state index contributed by atoms with van der Waals surface area (Å²) < 4.78 is 10.4. The summed E-state index contributed by atoms with van der Waals surface area (Å²) in [6.45, 7) is 4.27. The molecule has 216 valence electrons. The van der Waals surface area contributed by atoms with E-state index in [1.165, 1.54) is 12.0 Å². The van der Waals surface area contributed by atoms with Crippen LogP contribution >= 0.6 is 0 Å². The number of nitrogens with zero attached hydrogens (tertiary/aromatic N) is 1. The maximum absolute atomic E-state index is 13.0. The predicted molar refractivity (Wildman–Crippen MR) is 144 cm³/mol. The van der Waals surface area contributed by atoms with Crippen molar-refractivity contribution < 1.29 is 33.4 Å². The van der Waals surface area contributed by atoms with E-state index in [2.05, 4.69) is 21.3 Å². The quantitative estimate of drug-likeness (QED) is 0.371. The van der Waals surface area contributed by atoms with Crippen LogP contribution in [-0.4, -0.2) is 93.5 Å². The molecule has 0 aromatic heterocycles. The number of hydrogen-bond donors (Lipinski definition) is 4. The van der Waals surface area contributed by atoms with Gasteiger partial charge in [0.15, 0.2) is 6.61 Å². The number of amides is 5. The highest BCUT2D eigenvalue weighted by Gasteiger charge is 2.25. The molecule has 0 saturated carbocycles. The normalized spacial score (nSPS) is 20.7. The summed E-state index contributed by atoms with van der Waals surface area (Å²) in [4.78, 5) is 64.3. The molecule has 4 N–H and O–H groups in total. The molecule has 2 aliphatic rings. The number of carbonyl (C=O) groups is 5. The first-order valence-electron chi connectivity index (χ1n) is 13.2. The van der Waals surface area contributed by atoms with Crippen LogP contribution in [0.2, 0.25) is 0 Å². The Morgan fingerprint density at radius 3 is 2.49 bits per heavy atom. The van der Waals surface area contributed by atoms with Crippen molar-refractivity contribution in [3.63, 3.8) is 0 Å². The van der Waals surface area contributed by atoms with E-state index in [1.54, 1.807) is 31.3 Å². The zero-order valence-corrected chi connectivity index (χ0v) is 23.2. The largest absolute Gasteiger partial charge is 0.484 e. The van der Waals surface area contributed by atoms with Crippen molar-refractivity contribution in [1.82, 2.24) is 26.2 Å². The molecule has 12 heteroatoms. The number of nitrogens with one attached hydrogen (secondary N) is 4. The Morgan fingerprint density at radius 1 is 1.10 bits per heavy atom. The number of ether oxygens (including phenoxy) is 2. The van der Waals surface area contributed by atoms with Crippen molar-refractivity contribution in [3.05, 3.63) is 29.8 Å². The van der Waals surface area contributed by atoms with Gasteiger partial charge in [-0.05, 0) is 36.5 Å². The van der Waals surface area contributed by atoms with Gasteiger partial charge in [-0.25, -0.2) is 0 Å². The highest BCUT2D eigenvalue weighted by molar-refractivity contribution is 5.89. The lowest BCUT2D eigenvalue weighted by Crippen LogP contribution is -2.50. The lowest BCUT2D eigenvalue weighted by atomic mass is 10.0. The van der Waals surface area contributed by atoms with Crippen molar-refractivity contribution in [2.45, 2.75) is 51.6 Å². The first-order valence-corrected chi connectivity index (χ1v) is 13.2. The molecule has 0 unspecified atom stereocenters. The zero-order chi connectivity index (χ0) is 28.8. The van der Waals surface area contributed by atoms with Gasteiger partial charge in [-0.2, -0.15) is 0 Å². The predicted octanol–water partition coefficient (Wildman–Crippen LogP) is -0.245. The Kier molecular flexibility index (Phi) is 13.2. The smallest absolute Gasteiger partial charge is 0.258 e. The van der Waals surface area contributed by atoms with Crippen molar-refractivity contribution in [1.29, 1.82) is 0 Å². The van der Waals surface area contributed by atoms with Crippen LogP contribution in [0.5, 0.6) is 5.75 Å². The van der Waals surface area contributed by atoms with E-state index in [0.29, 0.717) is 18.6 Å². The fraction of sp³-hybridized carbons (Fsp3) is 0.593. The Hall–Kier alpha value is -3.67. The summed E-state index contributed by atoms with van der Waals surface area (Å²) in [7, 11) is 3.01. The van der Waals surface area contributed by atoms with Crippen LogP contribution in [0.25, 0.3) is 0 Å². The zero-order valence-electron chi connectivity index (χ0n) is 23.2. The van der Waals surface area contributed by atoms with Crippen LogP contribution in [0, 0.1) is 5.92 Å². The van der Waals surface area contributed by atoms with Gasteiger partial charge in [0.2, 0.25) is 23.6 Å². The van der Waals surface area contributed by atoms with Gasteiger partial charge in [-0.3, -0.25) is 24.0 Å². The van der Waals surface area contributed by atoms with E-state index in [1.807, 2.05) is 13.8 Å². The number of likely N-dealkylation sites (N-methyl/N-ethyl adjacent to an activating group) is 1. The highest BCUT2D eigenvalue weighted by Crippen LogP contribution is 2.14. The Bertz CT molecular complexity index is 983. The van der Waals surface area contributed by atoms with Crippen molar-refractivity contribution in [3.8, 4) is 5.75 Å². The molecule has 2 aliphatic heterocycles. The van der Waals surface area contributed by atoms with Crippen LogP contribution in [0.15, 0.2) is 24.3 Å². The second-order valence-corrected chi connectivity index (χ2v) is 9.94. The molecule has 0 radical (unpaired) electrons. The average molecular weight is 548 g/mol. The van der Waals surface area contributed by atoms with Crippen molar-refractivity contribution >= 4 is 29.5 Å². The number of fused-ring (bicyclic) bond motifs is 19.